The number of thioether (sulfide) groups is 1. The normalized spacial score (nSPS) is 17.8. The van der Waals surface area contributed by atoms with Crippen LogP contribution >= 0.6 is 27.7 Å². The van der Waals surface area contributed by atoms with Gasteiger partial charge < -0.3 is 15.2 Å². The molecule has 28 heavy (non-hydrogen) atoms. The number of carboxylic acid groups (broad SMARTS) is 1. The number of rotatable bonds is 7. The van der Waals surface area contributed by atoms with Gasteiger partial charge in [0.05, 0.1) is 12.6 Å². The Labute approximate surface area is 174 Å². The number of carboxylic acids is 1. The Morgan fingerprint density at radius 3 is 2.82 bits per heavy atom. The minimum Gasteiger partial charge on any atom is -0.488 e. The van der Waals surface area contributed by atoms with Crippen LogP contribution in [-0.4, -0.2) is 33.6 Å². The topological polar surface area (TPSA) is 100 Å². The lowest BCUT2D eigenvalue weighted by Gasteiger charge is -2.09. The molecule has 7 nitrogen and oxygen atoms in total. The number of carbonyl (C=O) groups excluding carboxylic acids is 1. The molecule has 1 aliphatic rings. The van der Waals surface area contributed by atoms with Crippen molar-refractivity contribution in [2.45, 2.75) is 18.3 Å². The Kier molecular flexibility index (Phi) is 6.83. The SMILES string of the molecule is O=C(O)CC1S/C(=N/N=C/c2cc(Br)ccc2OCc2ccccc2)NC1=O. The third-order valence-corrected chi connectivity index (χ3v) is 5.26. The van der Waals surface area contributed by atoms with Crippen LogP contribution in [0.1, 0.15) is 17.5 Å². The van der Waals surface area contributed by atoms with Gasteiger partial charge in [0.2, 0.25) is 5.91 Å². The molecule has 2 aromatic carbocycles. The summed E-state index contributed by atoms with van der Waals surface area (Å²) >= 11 is 4.47. The second-order valence-corrected chi connectivity index (χ2v) is 7.91. The molecule has 9 heteroatoms. The van der Waals surface area contributed by atoms with Crippen molar-refractivity contribution in [1.82, 2.24) is 5.32 Å². The molecule has 0 aromatic heterocycles. The summed E-state index contributed by atoms with van der Waals surface area (Å²) in [6.07, 6.45) is 1.26. The Morgan fingerprint density at radius 1 is 1.29 bits per heavy atom. The number of hydrogen-bond donors (Lipinski definition) is 2. The van der Waals surface area contributed by atoms with E-state index in [9.17, 15) is 9.59 Å². The predicted octanol–water partition coefficient (Wildman–Crippen LogP) is 3.42. The van der Waals surface area contributed by atoms with E-state index in [1.54, 1.807) is 0 Å². The zero-order valence-corrected chi connectivity index (χ0v) is 16.9. The van der Waals surface area contributed by atoms with Crippen LogP contribution in [0.15, 0.2) is 63.2 Å². The molecule has 3 rings (SSSR count). The van der Waals surface area contributed by atoms with Gasteiger partial charge >= 0.3 is 5.97 Å². The number of carbonyl (C=O) groups is 2. The van der Waals surface area contributed by atoms with E-state index in [1.807, 2.05) is 48.5 Å². The number of hydrogen-bond acceptors (Lipinski definition) is 6. The zero-order valence-electron chi connectivity index (χ0n) is 14.5. The first-order valence-corrected chi connectivity index (χ1v) is 9.95. The van der Waals surface area contributed by atoms with Crippen molar-refractivity contribution in [1.29, 1.82) is 0 Å². The molecule has 1 heterocycles. The first kappa shape index (κ1) is 20.1. The molecule has 0 spiro atoms. The number of amidine groups is 1. The summed E-state index contributed by atoms with van der Waals surface area (Å²) in [7, 11) is 0. The highest BCUT2D eigenvalue weighted by Crippen LogP contribution is 2.24. The fraction of sp³-hybridized carbons (Fsp3) is 0.158. The van der Waals surface area contributed by atoms with Gasteiger partial charge in [-0.1, -0.05) is 58.0 Å². The van der Waals surface area contributed by atoms with Gasteiger partial charge in [0, 0.05) is 10.0 Å². The monoisotopic (exact) mass is 461 g/mol. The Morgan fingerprint density at radius 2 is 2.07 bits per heavy atom. The molecule has 0 radical (unpaired) electrons. The maximum atomic E-state index is 11.7. The molecule has 0 saturated carbocycles. The fourth-order valence-corrected chi connectivity index (χ4v) is 3.67. The smallest absolute Gasteiger partial charge is 0.305 e. The van der Waals surface area contributed by atoms with Gasteiger partial charge in [-0.25, -0.2) is 0 Å². The molecule has 0 aliphatic carbocycles. The highest BCUT2D eigenvalue weighted by molar-refractivity contribution is 9.10. The molecular weight excluding hydrogens is 446 g/mol. The van der Waals surface area contributed by atoms with Crippen LogP contribution in [0.4, 0.5) is 0 Å². The van der Waals surface area contributed by atoms with Gasteiger partial charge in [0.15, 0.2) is 5.17 Å². The van der Waals surface area contributed by atoms with Crippen LogP contribution in [0.2, 0.25) is 0 Å². The van der Waals surface area contributed by atoms with Crippen LogP contribution in [0.3, 0.4) is 0 Å². The number of ether oxygens (including phenoxy) is 1. The Balaban J connectivity index is 1.68. The quantitative estimate of drug-likeness (QED) is 0.485. The van der Waals surface area contributed by atoms with Gasteiger partial charge in [-0.3, -0.25) is 9.59 Å². The van der Waals surface area contributed by atoms with Crippen molar-refractivity contribution in [3.63, 3.8) is 0 Å². The molecule has 1 saturated heterocycles. The zero-order chi connectivity index (χ0) is 19.9. The minimum atomic E-state index is -1.04. The summed E-state index contributed by atoms with van der Waals surface area (Å²) in [5.41, 5.74) is 1.76. The average Bonchev–Trinajstić information content (AvgIpc) is 3.00. The van der Waals surface area contributed by atoms with Crippen molar-refractivity contribution in [3.05, 3.63) is 64.1 Å². The fourth-order valence-electron chi connectivity index (χ4n) is 2.38. The molecule has 1 unspecified atom stereocenters. The number of halogens is 1. The third kappa shape index (κ3) is 5.67. The van der Waals surface area contributed by atoms with Crippen molar-refractivity contribution >= 4 is 51.0 Å². The molecule has 1 amide bonds. The Bertz CT molecular complexity index is 934. The summed E-state index contributed by atoms with van der Waals surface area (Å²) < 4.78 is 6.74. The average molecular weight is 462 g/mol. The minimum absolute atomic E-state index is 0.262. The lowest BCUT2D eigenvalue weighted by molar-refractivity contribution is -0.138. The van der Waals surface area contributed by atoms with Crippen LogP contribution < -0.4 is 10.1 Å². The molecule has 1 aliphatic heterocycles. The summed E-state index contributed by atoms with van der Waals surface area (Å²) in [5, 5.41) is 18.9. The molecule has 2 N–H and O–H groups in total. The first-order chi connectivity index (χ1) is 13.5. The van der Waals surface area contributed by atoms with E-state index in [1.165, 1.54) is 6.21 Å². The van der Waals surface area contributed by atoms with E-state index in [0.29, 0.717) is 17.9 Å². The van der Waals surface area contributed by atoms with Crippen molar-refractivity contribution in [2.75, 3.05) is 0 Å². The molecule has 1 atom stereocenters. The van der Waals surface area contributed by atoms with E-state index >= 15 is 0 Å². The maximum Gasteiger partial charge on any atom is 0.305 e. The lowest BCUT2D eigenvalue weighted by atomic mass is 10.2. The number of amides is 1. The molecule has 2 aromatic rings. The van der Waals surface area contributed by atoms with Crippen LogP contribution in [-0.2, 0) is 16.2 Å². The molecule has 1 fully saturated rings. The van der Waals surface area contributed by atoms with E-state index in [2.05, 4.69) is 31.4 Å². The van der Waals surface area contributed by atoms with E-state index in [4.69, 9.17) is 9.84 Å². The van der Waals surface area contributed by atoms with Crippen LogP contribution in [0.5, 0.6) is 5.75 Å². The third-order valence-electron chi connectivity index (χ3n) is 3.69. The lowest BCUT2D eigenvalue weighted by Crippen LogP contribution is -2.26. The van der Waals surface area contributed by atoms with E-state index in [-0.39, 0.29) is 17.5 Å². The standard InChI is InChI=1S/C19H16BrN3O4S/c20-14-6-7-15(27-11-12-4-2-1-3-5-12)13(8-14)10-21-23-19-22-18(26)16(28-19)9-17(24)25/h1-8,10,16H,9,11H2,(H,24,25)(H,22,23,26)/b21-10+. The van der Waals surface area contributed by atoms with E-state index in [0.717, 1.165) is 21.8 Å². The summed E-state index contributed by atoms with van der Waals surface area (Å²) in [5.74, 6) is -0.773. The van der Waals surface area contributed by atoms with Crippen molar-refractivity contribution in [3.8, 4) is 5.75 Å². The molecule has 144 valence electrons. The second-order valence-electron chi connectivity index (χ2n) is 5.80. The maximum absolute atomic E-state index is 11.7. The van der Waals surface area contributed by atoms with Crippen molar-refractivity contribution < 1.29 is 19.4 Å². The highest BCUT2D eigenvalue weighted by atomic mass is 79.9. The molecular formula is C19H16BrN3O4S. The van der Waals surface area contributed by atoms with Gasteiger partial charge in [0.1, 0.15) is 17.6 Å². The molecule has 0 bridgehead atoms. The van der Waals surface area contributed by atoms with E-state index < -0.39 is 11.2 Å². The van der Waals surface area contributed by atoms with Gasteiger partial charge in [-0.2, -0.15) is 5.10 Å². The van der Waals surface area contributed by atoms with Gasteiger partial charge in [-0.05, 0) is 23.8 Å². The van der Waals surface area contributed by atoms with Crippen molar-refractivity contribution in [2.24, 2.45) is 10.2 Å². The Hall–Kier alpha value is -2.65. The van der Waals surface area contributed by atoms with Crippen LogP contribution in [0, 0.1) is 0 Å². The van der Waals surface area contributed by atoms with Crippen LogP contribution in [0.25, 0.3) is 0 Å². The summed E-state index contributed by atoms with van der Waals surface area (Å²) in [6, 6.07) is 15.3. The summed E-state index contributed by atoms with van der Waals surface area (Å²) in [6.45, 7) is 0.417. The second kappa shape index (κ2) is 9.52. The summed E-state index contributed by atoms with van der Waals surface area (Å²) in [4.78, 5) is 22.5. The first-order valence-electron chi connectivity index (χ1n) is 8.28. The number of benzene rings is 2. The highest BCUT2D eigenvalue weighted by Gasteiger charge is 2.32. The largest absolute Gasteiger partial charge is 0.488 e. The van der Waals surface area contributed by atoms with Gasteiger partial charge in [-0.15, -0.1) is 5.10 Å². The van der Waals surface area contributed by atoms with Gasteiger partial charge in [0.25, 0.3) is 0 Å². The number of nitrogens with zero attached hydrogens (tertiary/aromatic N) is 2. The number of aliphatic carboxylic acids is 1. The predicted molar refractivity (Wildman–Crippen MR) is 112 cm³/mol. The number of nitrogens with one attached hydrogen (secondary N) is 1.